The standard InChI is InChI=1S/C13H22N4O2/c1-10(2)9-19-8-7-14-12-6-5-11(15-16-12)13(18)17(3)4/h5-6,10H,7-9H2,1-4H3,(H,14,16). The quantitative estimate of drug-likeness (QED) is 0.753. The Morgan fingerprint density at radius 1 is 1.37 bits per heavy atom. The number of nitrogens with one attached hydrogen (secondary N) is 1. The Hall–Kier alpha value is -1.69. The van der Waals surface area contributed by atoms with Gasteiger partial charge < -0.3 is 15.0 Å². The molecule has 19 heavy (non-hydrogen) atoms. The van der Waals surface area contributed by atoms with E-state index in [1.807, 2.05) is 0 Å². The number of carbonyl (C=O) groups is 1. The molecule has 1 rings (SSSR count). The van der Waals surface area contributed by atoms with Gasteiger partial charge in [0, 0.05) is 27.2 Å². The molecule has 6 heteroatoms. The van der Waals surface area contributed by atoms with E-state index in [0.29, 0.717) is 30.6 Å². The van der Waals surface area contributed by atoms with Gasteiger partial charge in [-0.25, -0.2) is 0 Å². The van der Waals surface area contributed by atoms with Crippen LogP contribution < -0.4 is 5.32 Å². The minimum Gasteiger partial charge on any atom is -0.379 e. The normalized spacial score (nSPS) is 10.6. The summed E-state index contributed by atoms with van der Waals surface area (Å²) in [6.07, 6.45) is 0. The molecule has 0 aliphatic heterocycles. The highest BCUT2D eigenvalue weighted by atomic mass is 16.5. The van der Waals surface area contributed by atoms with E-state index in [1.54, 1.807) is 26.2 Å². The number of nitrogens with zero attached hydrogens (tertiary/aromatic N) is 3. The second-order valence-electron chi connectivity index (χ2n) is 4.90. The average molecular weight is 266 g/mol. The molecule has 0 saturated carbocycles. The smallest absolute Gasteiger partial charge is 0.273 e. The maximum Gasteiger partial charge on any atom is 0.273 e. The van der Waals surface area contributed by atoms with Crippen molar-refractivity contribution < 1.29 is 9.53 Å². The molecule has 0 unspecified atom stereocenters. The Morgan fingerprint density at radius 3 is 2.63 bits per heavy atom. The number of carbonyl (C=O) groups excluding carboxylic acids is 1. The minimum atomic E-state index is -0.153. The molecule has 0 fully saturated rings. The summed E-state index contributed by atoms with van der Waals surface area (Å²) in [6, 6.07) is 3.40. The van der Waals surface area contributed by atoms with E-state index < -0.39 is 0 Å². The molecule has 0 radical (unpaired) electrons. The number of aromatic nitrogens is 2. The zero-order chi connectivity index (χ0) is 14.3. The van der Waals surface area contributed by atoms with E-state index in [1.165, 1.54) is 4.90 Å². The predicted octanol–water partition coefficient (Wildman–Crippen LogP) is 1.26. The number of rotatable bonds is 7. The lowest BCUT2D eigenvalue weighted by atomic mass is 10.2. The maximum atomic E-state index is 11.6. The number of hydrogen-bond acceptors (Lipinski definition) is 5. The third-order valence-electron chi connectivity index (χ3n) is 2.29. The number of anilines is 1. The largest absolute Gasteiger partial charge is 0.379 e. The Kier molecular flexibility index (Phi) is 6.21. The van der Waals surface area contributed by atoms with E-state index >= 15 is 0 Å². The molecule has 0 atom stereocenters. The topological polar surface area (TPSA) is 67.3 Å². The molecule has 1 aromatic heterocycles. The van der Waals surface area contributed by atoms with E-state index in [2.05, 4.69) is 29.4 Å². The molecule has 0 aromatic carbocycles. The first-order valence-corrected chi connectivity index (χ1v) is 6.37. The molecular formula is C13H22N4O2. The van der Waals surface area contributed by atoms with Gasteiger partial charge in [0.2, 0.25) is 0 Å². The highest BCUT2D eigenvalue weighted by Crippen LogP contribution is 2.03. The summed E-state index contributed by atoms with van der Waals surface area (Å²) in [5.74, 6) is 1.03. The van der Waals surface area contributed by atoms with Crippen molar-refractivity contribution in [3.8, 4) is 0 Å². The van der Waals surface area contributed by atoms with E-state index in [-0.39, 0.29) is 5.91 Å². The first-order valence-electron chi connectivity index (χ1n) is 6.37. The summed E-state index contributed by atoms with van der Waals surface area (Å²) in [5, 5.41) is 10.9. The third-order valence-corrected chi connectivity index (χ3v) is 2.29. The van der Waals surface area contributed by atoms with Crippen LogP contribution in [-0.4, -0.2) is 54.9 Å². The lowest BCUT2D eigenvalue weighted by Crippen LogP contribution is -2.23. The molecular weight excluding hydrogens is 244 g/mol. The molecule has 1 heterocycles. The summed E-state index contributed by atoms with van der Waals surface area (Å²) in [4.78, 5) is 13.1. The van der Waals surface area contributed by atoms with Crippen LogP contribution in [0.3, 0.4) is 0 Å². The fourth-order valence-corrected chi connectivity index (χ4v) is 1.34. The fraction of sp³-hybridized carbons (Fsp3) is 0.615. The Morgan fingerprint density at radius 2 is 2.11 bits per heavy atom. The van der Waals surface area contributed by atoms with Gasteiger partial charge in [0.15, 0.2) is 5.69 Å². The van der Waals surface area contributed by atoms with Crippen molar-refractivity contribution in [2.75, 3.05) is 39.2 Å². The molecule has 0 bridgehead atoms. The van der Waals surface area contributed by atoms with Gasteiger partial charge in [-0.2, -0.15) is 0 Å². The molecule has 106 valence electrons. The van der Waals surface area contributed by atoms with Crippen LogP contribution in [0.1, 0.15) is 24.3 Å². The lowest BCUT2D eigenvalue weighted by molar-refractivity contribution is 0.0821. The number of hydrogen-bond donors (Lipinski definition) is 1. The maximum absolute atomic E-state index is 11.6. The van der Waals surface area contributed by atoms with Gasteiger partial charge in [-0.3, -0.25) is 4.79 Å². The Bertz CT molecular complexity index is 390. The number of amides is 1. The van der Waals surface area contributed by atoms with Crippen molar-refractivity contribution >= 4 is 11.7 Å². The van der Waals surface area contributed by atoms with Gasteiger partial charge in [-0.1, -0.05) is 13.8 Å². The summed E-state index contributed by atoms with van der Waals surface area (Å²) >= 11 is 0. The van der Waals surface area contributed by atoms with Crippen LogP contribution in [0.4, 0.5) is 5.82 Å². The van der Waals surface area contributed by atoms with Crippen molar-refractivity contribution in [3.63, 3.8) is 0 Å². The first kappa shape index (κ1) is 15.4. The van der Waals surface area contributed by atoms with Crippen LogP contribution in [0.5, 0.6) is 0 Å². The monoisotopic (exact) mass is 266 g/mol. The highest BCUT2D eigenvalue weighted by Gasteiger charge is 2.09. The summed E-state index contributed by atoms with van der Waals surface area (Å²) < 4.78 is 5.44. The van der Waals surface area contributed by atoms with Crippen LogP contribution in [-0.2, 0) is 4.74 Å². The van der Waals surface area contributed by atoms with Crippen LogP contribution in [0, 0.1) is 5.92 Å². The minimum absolute atomic E-state index is 0.153. The summed E-state index contributed by atoms with van der Waals surface area (Å²) in [5.41, 5.74) is 0.339. The van der Waals surface area contributed by atoms with Crippen molar-refractivity contribution in [1.82, 2.24) is 15.1 Å². The highest BCUT2D eigenvalue weighted by molar-refractivity contribution is 5.91. The molecule has 1 aromatic rings. The number of ether oxygens (including phenoxy) is 1. The second kappa shape index (κ2) is 7.68. The van der Waals surface area contributed by atoms with Crippen LogP contribution in [0.2, 0.25) is 0 Å². The van der Waals surface area contributed by atoms with Crippen LogP contribution in [0.15, 0.2) is 12.1 Å². The van der Waals surface area contributed by atoms with Crippen molar-refractivity contribution in [1.29, 1.82) is 0 Å². The van der Waals surface area contributed by atoms with E-state index in [9.17, 15) is 4.79 Å². The van der Waals surface area contributed by atoms with Gasteiger partial charge in [-0.05, 0) is 18.1 Å². The Balaban J connectivity index is 2.34. The van der Waals surface area contributed by atoms with Gasteiger partial charge in [-0.15, -0.1) is 10.2 Å². The van der Waals surface area contributed by atoms with Crippen molar-refractivity contribution in [2.45, 2.75) is 13.8 Å². The SMILES string of the molecule is CC(C)COCCNc1ccc(C(=O)N(C)C)nn1. The second-order valence-corrected chi connectivity index (χ2v) is 4.90. The summed E-state index contributed by atoms with van der Waals surface area (Å²) in [6.45, 7) is 6.27. The van der Waals surface area contributed by atoms with E-state index in [4.69, 9.17) is 4.74 Å². The molecule has 0 aliphatic rings. The van der Waals surface area contributed by atoms with Crippen molar-refractivity contribution in [3.05, 3.63) is 17.8 Å². The average Bonchev–Trinajstić information content (AvgIpc) is 2.37. The predicted molar refractivity (Wildman–Crippen MR) is 74.2 cm³/mol. The Labute approximate surface area is 114 Å². The zero-order valence-corrected chi connectivity index (χ0v) is 12.0. The molecule has 1 N–H and O–H groups in total. The lowest BCUT2D eigenvalue weighted by Gasteiger charge is -2.10. The van der Waals surface area contributed by atoms with Crippen LogP contribution in [0.25, 0.3) is 0 Å². The van der Waals surface area contributed by atoms with Crippen molar-refractivity contribution in [2.24, 2.45) is 5.92 Å². The van der Waals surface area contributed by atoms with Gasteiger partial charge in [0.1, 0.15) is 5.82 Å². The molecule has 6 nitrogen and oxygen atoms in total. The molecule has 0 spiro atoms. The van der Waals surface area contributed by atoms with Crippen LogP contribution >= 0.6 is 0 Å². The van der Waals surface area contributed by atoms with Gasteiger partial charge >= 0.3 is 0 Å². The van der Waals surface area contributed by atoms with Gasteiger partial charge in [0.25, 0.3) is 5.91 Å². The zero-order valence-electron chi connectivity index (χ0n) is 12.0. The first-order chi connectivity index (χ1) is 9.00. The summed E-state index contributed by atoms with van der Waals surface area (Å²) in [7, 11) is 3.37. The molecule has 0 aliphatic carbocycles. The molecule has 1 amide bonds. The van der Waals surface area contributed by atoms with E-state index in [0.717, 1.165) is 6.61 Å². The third kappa shape index (κ3) is 5.65. The fourth-order valence-electron chi connectivity index (χ4n) is 1.34. The molecule has 0 saturated heterocycles. The van der Waals surface area contributed by atoms with Gasteiger partial charge in [0.05, 0.1) is 6.61 Å².